The Bertz CT molecular complexity index is 591. The van der Waals surface area contributed by atoms with Crippen molar-refractivity contribution in [3.8, 4) is 17.6 Å². The SMILES string of the molecule is COc1ccc([C@H](O)C#Cc2ccc(F)cc2)cc1. The smallest absolute Gasteiger partial charge is 0.140 e. The standard InChI is InChI=1S/C16H13FO2/c1-19-15-9-5-13(6-10-15)16(18)11-4-12-2-7-14(17)8-3-12/h2-3,5-10,16,18H,1H3/t16-/m1/s1. The predicted octanol–water partition coefficient (Wildman–Crippen LogP) is 2.92. The summed E-state index contributed by atoms with van der Waals surface area (Å²) in [7, 11) is 1.58. The van der Waals surface area contributed by atoms with Crippen LogP contribution in [-0.2, 0) is 0 Å². The minimum Gasteiger partial charge on any atom is -0.497 e. The minimum atomic E-state index is -0.879. The average Bonchev–Trinajstić information content (AvgIpc) is 2.46. The van der Waals surface area contributed by atoms with Gasteiger partial charge in [-0.1, -0.05) is 24.0 Å². The van der Waals surface area contributed by atoms with Gasteiger partial charge in [0.2, 0.25) is 0 Å². The Morgan fingerprint density at radius 3 is 2.26 bits per heavy atom. The first-order chi connectivity index (χ1) is 9.19. The van der Waals surface area contributed by atoms with E-state index in [0.717, 1.165) is 5.75 Å². The van der Waals surface area contributed by atoms with Crippen molar-refractivity contribution in [1.29, 1.82) is 0 Å². The van der Waals surface area contributed by atoms with Crippen LogP contribution in [0.25, 0.3) is 0 Å². The zero-order valence-electron chi connectivity index (χ0n) is 10.4. The Balaban J connectivity index is 2.12. The van der Waals surface area contributed by atoms with Crippen LogP contribution in [0.2, 0.25) is 0 Å². The molecule has 2 aromatic carbocycles. The number of ether oxygens (including phenoxy) is 1. The van der Waals surface area contributed by atoms with Crippen LogP contribution in [0.4, 0.5) is 4.39 Å². The molecular formula is C16H13FO2. The van der Waals surface area contributed by atoms with Crippen molar-refractivity contribution in [3.63, 3.8) is 0 Å². The van der Waals surface area contributed by atoms with Crippen LogP contribution >= 0.6 is 0 Å². The summed E-state index contributed by atoms with van der Waals surface area (Å²) in [6.07, 6.45) is -0.879. The fraction of sp³-hybridized carbons (Fsp3) is 0.125. The van der Waals surface area contributed by atoms with Crippen molar-refractivity contribution in [2.75, 3.05) is 7.11 Å². The zero-order valence-corrected chi connectivity index (χ0v) is 10.4. The number of halogens is 1. The van der Waals surface area contributed by atoms with Gasteiger partial charge in [-0.05, 0) is 42.0 Å². The van der Waals surface area contributed by atoms with Gasteiger partial charge in [0, 0.05) is 5.56 Å². The zero-order chi connectivity index (χ0) is 13.7. The molecule has 0 aliphatic carbocycles. The lowest BCUT2D eigenvalue weighted by Gasteiger charge is -2.04. The van der Waals surface area contributed by atoms with Crippen LogP contribution in [0.3, 0.4) is 0 Å². The van der Waals surface area contributed by atoms with Gasteiger partial charge < -0.3 is 9.84 Å². The molecule has 0 aromatic heterocycles. The van der Waals surface area contributed by atoms with Crippen molar-refractivity contribution in [2.45, 2.75) is 6.10 Å². The first kappa shape index (κ1) is 13.1. The molecule has 0 aliphatic heterocycles. The maximum Gasteiger partial charge on any atom is 0.140 e. The molecule has 96 valence electrons. The van der Waals surface area contributed by atoms with Crippen LogP contribution in [0.5, 0.6) is 5.75 Å². The van der Waals surface area contributed by atoms with Gasteiger partial charge in [-0.15, -0.1) is 0 Å². The molecule has 19 heavy (non-hydrogen) atoms. The Kier molecular flexibility index (Phi) is 4.17. The van der Waals surface area contributed by atoms with E-state index < -0.39 is 6.10 Å². The van der Waals surface area contributed by atoms with Crippen molar-refractivity contribution in [3.05, 3.63) is 65.5 Å². The summed E-state index contributed by atoms with van der Waals surface area (Å²) in [6.45, 7) is 0. The number of aliphatic hydroxyl groups excluding tert-OH is 1. The summed E-state index contributed by atoms with van der Waals surface area (Å²) in [5, 5.41) is 9.91. The third kappa shape index (κ3) is 3.57. The average molecular weight is 256 g/mol. The first-order valence-electron chi connectivity index (χ1n) is 5.78. The molecule has 3 heteroatoms. The molecule has 0 fully saturated rings. The molecule has 2 aromatic rings. The molecular weight excluding hydrogens is 243 g/mol. The Labute approximate surface area is 111 Å². The lowest BCUT2D eigenvalue weighted by molar-refractivity contribution is 0.238. The monoisotopic (exact) mass is 256 g/mol. The molecule has 0 saturated carbocycles. The van der Waals surface area contributed by atoms with E-state index >= 15 is 0 Å². The van der Waals surface area contributed by atoms with Gasteiger partial charge in [0.05, 0.1) is 7.11 Å². The van der Waals surface area contributed by atoms with E-state index in [4.69, 9.17) is 4.74 Å². The lowest BCUT2D eigenvalue weighted by Crippen LogP contribution is -1.94. The maximum absolute atomic E-state index is 12.7. The molecule has 0 unspecified atom stereocenters. The summed E-state index contributed by atoms with van der Waals surface area (Å²) in [6, 6.07) is 12.8. The van der Waals surface area contributed by atoms with E-state index in [1.165, 1.54) is 12.1 Å². The number of benzene rings is 2. The highest BCUT2D eigenvalue weighted by Gasteiger charge is 2.03. The van der Waals surface area contributed by atoms with Gasteiger partial charge in [-0.25, -0.2) is 4.39 Å². The molecule has 1 atom stereocenters. The summed E-state index contributed by atoms with van der Waals surface area (Å²) in [5.41, 5.74) is 1.35. The third-order valence-corrected chi connectivity index (χ3v) is 2.63. The topological polar surface area (TPSA) is 29.5 Å². The fourth-order valence-electron chi connectivity index (χ4n) is 1.55. The Morgan fingerprint density at radius 1 is 1.05 bits per heavy atom. The van der Waals surface area contributed by atoms with E-state index in [0.29, 0.717) is 11.1 Å². The molecule has 0 aliphatic rings. The minimum absolute atomic E-state index is 0.304. The van der Waals surface area contributed by atoms with E-state index in [9.17, 15) is 9.50 Å². The number of rotatable bonds is 2. The lowest BCUT2D eigenvalue weighted by atomic mass is 10.1. The number of methoxy groups -OCH3 is 1. The number of hydrogen-bond donors (Lipinski definition) is 1. The number of aliphatic hydroxyl groups is 1. The molecule has 0 bridgehead atoms. The number of hydrogen-bond acceptors (Lipinski definition) is 2. The van der Waals surface area contributed by atoms with E-state index in [1.54, 1.807) is 43.5 Å². The van der Waals surface area contributed by atoms with Gasteiger partial charge in [0.25, 0.3) is 0 Å². The predicted molar refractivity (Wildman–Crippen MR) is 71.2 cm³/mol. The van der Waals surface area contributed by atoms with Crippen molar-refractivity contribution < 1.29 is 14.2 Å². The maximum atomic E-state index is 12.7. The highest BCUT2D eigenvalue weighted by molar-refractivity contribution is 5.38. The van der Waals surface area contributed by atoms with Crippen LogP contribution in [0.15, 0.2) is 48.5 Å². The molecule has 2 nitrogen and oxygen atoms in total. The molecule has 0 heterocycles. The van der Waals surface area contributed by atoms with Gasteiger partial charge in [-0.3, -0.25) is 0 Å². The second-order valence-corrected chi connectivity index (χ2v) is 3.95. The van der Waals surface area contributed by atoms with Gasteiger partial charge >= 0.3 is 0 Å². The molecule has 0 amide bonds. The van der Waals surface area contributed by atoms with Gasteiger partial charge in [-0.2, -0.15) is 0 Å². The van der Waals surface area contributed by atoms with Crippen molar-refractivity contribution >= 4 is 0 Å². The highest BCUT2D eigenvalue weighted by Crippen LogP contribution is 2.17. The summed E-state index contributed by atoms with van der Waals surface area (Å²) >= 11 is 0. The quantitative estimate of drug-likeness (QED) is 0.837. The van der Waals surface area contributed by atoms with Crippen LogP contribution in [0.1, 0.15) is 17.2 Å². The van der Waals surface area contributed by atoms with Gasteiger partial charge in [0.1, 0.15) is 17.7 Å². The molecule has 1 N–H and O–H groups in total. The Hall–Kier alpha value is -2.31. The molecule has 0 spiro atoms. The van der Waals surface area contributed by atoms with E-state index in [2.05, 4.69) is 11.8 Å². The van der Waals surface area contributed by atoms with Crippen LogP contribution < -0.4 is 4.74 Å². The Morgan fingerprint density at radius 2 is 1.68 bits per heavy atom. The summed E-state index contributed by atoms with van der Waals surface area (Å²) in [4.78, 5) is 0. The largest absolute Gasteiger partial charge is 0.497 e. The first-order valence-corrected chi connectivity index (χ1v) is 5.78. The molecule has 2 rings (SSSR count). The fourth-order valence-corrected chi connectivity index (χ4v) is 1.55. The summed E-state index contributed by atoms with van der Waals surface area (Å²) in [5.74, 6) is 5.94. The second kappa shape index (κ2) is 6.03. The van der Waals surface area contributed by atoms with Crippen LogP contribution in [-0.4, -0.2) is 12.2 Å². The van der Waals surface area contributed by atoms with Crippen LogP contribution in [0, 0.1) is 17.7 Å². The molecule has 0 radical (unpaired) electrons. The van der Waals surface area contributed by atoms with Crippen molar-refractivity contribution in [2.24, 2.45) is 0 Å². The van der Waals surface area contributed by atoms with E-state index in [-0.39, 0.29) is 5.82 Å². The highest BCUT2D eigenvalue weighted by atomic mass is 19.1. The third-order valence-electron chi connectivity index (χ3n) is 2.63. The summed E-state index contributed by atoms with van der Waals surface area (Å²) < 4.78 is 17.7. The molecule has 0 saturated heterocycles. The second-order valence-electron chi connectivity index (χ2n) is 3.95. The normalized spacial score (nSPS) is 11.3. The van der Waals surface area contributed by atoms with E-state index in [1.807, 2.05) is 0 Å². The van der Waals surface area contributed by atoms with Crippen molar-refractivity contribution in [1.82, 2.24) is 0 Å². The van der Waals surface area contributed by atoms with Gasteiger partial charge in [0.15, 0.2) is 0 Å².